The molecule has 1 heterocycles. The Morgan fingerprint density at radius 2 is 1.96 bits per heavy atom. The molecular formula is C16H21N5O4. The Balaban J connectivity index is 1.81. The second-order valence-corrected chi connectivity index (χ2v) is 6.37. The molecule has 0 spiro atoms. The van der Waals surface area contributed by atoms with Gasteiger partial charge in [0, 0.05) is 43.9 Å². The lowest BCUT2D eigenvalue weighted by Gasteiger charge is -2.23. The molecule has 25 heavy (non-hydrogen) atoms. The van der Waals surface area contributed by atoms with Crippen LogP contribution in [0.25, 0.3) is 0 Å². The largest absolute Gasteiger partial charge is 0.364 e. The minimum absolute atomic E-state index is 0.101. The SMILES string of the molecule is NC(=O)N1CCCN(c2ccc(C(=O)NC3CC3)cc2[N+](=O)[O-])CC1. The van der Waals surface area contributed by atoms with E-state index in [1.165, 1.54) is 11.0 Å². The van der Waals surface area contributed by atoms with Gasteiger partial charge in [0.1, 0.15) is 5.69 Å². The van der Waals surface area contributed by atoms with Crippen LogP contribution in [-0.4, -0.2) is 54.0 Å². The number of nitrogens with two attached hydrogens (primary N) is 1. The number of primary amides is 1. The van der Waals surface area contributed by atoms with Crippen LogP contribution in [0.15, 0.2) is 18.2 Å². The molecule has 1 aliphatic carbocycles. The monoisotopic (exact) mass is 347 g/mol. The molecular weight excluding hydrogens is 326 g/mol. The van der Waals surface area contributed by atoms with Gasteiger partial charge in [-0.3, -0.25) is 14.9 Å². The van der Waals surface area contributed by atoms with Crippen LogP contribution >= 0.6 is 0 Å². The maximum absolute atomic E-state index is 12.1. The number of nitro groups is 1. The van der Waals surface area contributed by atoms with Gasteiger partial charge in [0.15, 0.2) is 0 Å². The van der Waals surface area contributed by atoms with Crippen molar-refractivity contribution in [3.63, 3.8) is 0 Å². The molecule has 134 valence electrons. The summed E-state index contributed by atoms with van der Waals surface area (Å²) in [6.07, 6.45) is 2.58. The van der Waals surface area contributed by atoms with Crippen LogP contribution in [-0.2, 0) is 0 Å². The fourth-order valence-corrected chi connectivity index (χ4v) is 2.95. The van der Waals surface area contributed by atoms with E-state index in [1.54, 1.807) is 12.1 Å². The van der Waals surface area contributed by atoms with Crippen LogP contribution in [0.4, 0.5) is 16.2 Å². The Bertz CT molecular complexity index is 704. The molecule has 1 aromatic rings. The molecule has 9 nitrogen and oxygen atoms in total. The van der Waals surface area contributed by atoms with Crippen LogP contribution in [0.1, 0.15) is 29.6 Å². The molecule has 2 fully saturated rings. The molecule has 9 heteroatoms. The topological polar surface area (TPSA) is 122 Å². The summed E-state index contributed by atoms with van der Waals surface area (Å²) in [6, 6.07) is 4.25. The number of carbonyl (C=O) groups excluding carboxylic acids is 2. The Labute approximate surface area is 144 Å². The van der Waals surface area contributed by atoms with Crippen molar-refractivity contribution in [3.05, 3.63) is 33.9 Å². The Morgan fingerprint density at radius 1 is 1.20 bits per heavy atom. The molecule has 1 saturated heterocycles. The number of nitrogens with zero attached hydrogens (tertiary/aromatic N) is 3. The minimum atomic E-state index is -0.483. The van der Waals surface area contributed by atoms with Gasteiger partial charge >= 0.3 is 6.03 Å². The highest BCUT2D eigenvalue weighted by Crippen LogP contribution is 2.30. The lowest BCUT2D eigenvalue weighted by molar-refractivity contribution is -0.384. The lowest BCUT2D eigenvalue weighted by Crippen LogP contribution is -2.38. The number of amides is 3. The highest BCUT2D eigenvalue weighted by molar-refractivity contribution is 5.96. The minimum Gasteiger partial charge on any atom is -0.364 e. The molecule has 1 aromatic carbocycles. The molecule has 2 aliphatic rings. The number of rotatable bonds is 4. The summed E-state index contributed by atoms with van der Waals surface area (Å²) in [4.78, 5) is 37.9. The van der Waals surface area contributed by atoms with E-state index in [0.29, 0.717) is 38.3 Å². The molecule has 0 atom stereocenters. The number of benzene rings is 1. The average molecular weight is 347 g/mol. The summed E-state index contributed by atoms with van der Waals surface area (Å²) >= 11 is 0. The third kappa shape index (κ3) is 3.98. The fourth-order valence-electron chi connectivity index (χ4n) is 2.95. The standard InChI is InChI=1S/C16H21N5O4/c17-16(23)20-7-1-6-19(8-9-20)13-5-2-11(10-14(13)21(24)25)15(22)18-12-3-4-12/h2,5,10,12H,1,3-4,6-9H2,(H2,17,23)(H,18,22). The van der Waals surface area contributed by atoms with Gasteiger partial charge in [0.2, 0.25) is 0 Å². The molecule has 0 aromatic heterocycles. The van der Waals surface area contributed by atoms with Crippen molar-refractivity contribution in [2.45, 2.75) is 25.3 Å². The van der Waals surface area contributed by atoms with Crippen molar-refractivity contribution in [1.29, 1.82) is 0 Å². The number of hydrogen-bond donors (Lipinski definition) is 2. The van der Waals surface area contributed by atoms with Crippen LogP contribution in [0.2, 0.25) is 0 Å². The molecule has 0 bridgehead atoms. The van der Waals surface area contributed by atoms with Crippen LogP contribution in [0.5, 0.6) is 0 Å². The van der Waals surface area contributed by atoms with E-state index in [9.17, 15) is 19.7 Å². The predicted molar refractivity (Wildman–Crippen MR) is 91.6 cm³/mol. The summed E-state index contributed by atoms with van der Waals surface area (Å²) in [5.74, 6) is -0.284. The van der Waals surface area contributed by atoms with Crippen molar-refractivity contribution in [3.8, 4) is 0 Å². The summed E-state index contributed by atoms with van der Waals surface area (Å²) < 4.78 is 0. The predicted octanol–water partition coefficient (Wildman–Crippen LogP) is 1.08. The zero-order valence-corrected chi connectivity index (χ0v) is 13.8. The Hall–Kier alpha value is -2.84. The van der Waals surface area contributed by atoms with E-state index < -0.39 is 11.0 Å². The molecule has 3 N–H and O–H groups in total. The summed E-state index contributed by atoms with van der Waals surface area (Å²) in [6.45, 7) is 1.98. The fraction of sp³-hybridized carbons (Fsp3) is 0.500. The zero-order chi connectivity index (χ0) is 18.0. The van der Waals surface area contributed by atoms with Crippen LogP contribution < -0.4 is 16.0 Å². The quantitative estimate of drug-likeness (QED) is 0.623. The van der Waals surface area contributed by atoms with Gasteiger partial charge in [-0.1, -0.05) is 0 Å². The van der Waals surface area contributed by atoms with Gasteiger partial charge in [0.25, 0.3) is 11.6 Å². The molecule has 0 unspecified atom stereocenters. The van der Waals surface area contributed by atoms with E-state index in [-0.39, 0.29) is 23.2 Å². The molecule has 1 saturated carbocycles. The van der Waals surface area contributed by atoms with E-state index in [4.69, 9.17) is 5.73 Å². The third-order valence-electron chi connectivity index (χ3n) is 4.50. The number of urea groups is 1. The highest BCUT2D eigenvalue weighted by atomic mass is 16.6. The maximum Gasteiger partial charge on any atom is 0.314 e. The van der Waals surface area contributed by atoms with Crippen LogP contribution in [0.3, 0.4) is 0 Å². The van der Waals surface area contributed by atoms with Gasteiger partial charge in [-0.25, -0.2) is 4.79 Å². The normalized spacial score (nSPS) is 17.8. The second-order valence-electron chi connectivity index (χ2n) is 6.37. The van der Waals surface area contributed by atoms with E-state index in [0.717, 1.165) is 12.8 Å². The first-order valence-corrected chi connectivity index (χ1v) is 8.34. The van der Waals surface area contributed by atoms with Crippen molar-refractivity contribution in [2.24, 2.45) is 5.73 Å². The first kappa shape index (κ1) is 17.0. The van der Waals surface area contributed by atoms with E-state index in [2.05, 4.69) is 5.32 Å². The van der Waals surface area contributed by atoms with Crippen molar-refractivity contribution >= 4 is 23.3 Å². The van der Waals surface area contributed by atoms with Gasteiger partial charge < -0.3 is 20.9 Å². The number of anilines is 1. The van der Waals surface area contributed by atoms with Gasteiger partial charge in [0.05, 0.1) is 4.92 Å². The van der Waals surface area contributed by atoms with Gasteiger partial charge in [-0.2, -0.15) is 0 Å². The molecule has 0 radical (unpaired) electrons. The number of nitrogens with one attached hydrogen (secondary N) is 1. The van der Waals surface area contributed by atoms with Crippen molar-refractivity contribution in [1.82, 2.24) is 10.2 Å². The Kier molecular flexibility index (Phi) is 4.73. The van der Waals surface area contributed by atoms with E-state index in [1.807, 2.05) is 4.90 Å². The molecule has 3 rings (SSSR count). The number of carbonyl (C=O) groups is 2. The average Bonchev–Trinajstić information content (AvgIpc) is 3.40. The third-order valence-corrected chi connectivity index (χ3v) is 4.50. The van der Waals surface area contributed by atoms with E-state index >= 15 is 0 Å². The molecule has 1 aliphatic heterocycles. The van der Waals surface area contributed by atoms with Crippen molar-refractivity contribution < 1.29 is 14.5 Å². The Morgan fingerprint density at radius 3 is 2.60 bits per heavy atom. The first-order chi connectivity index (χ1) is 12.0. The summed E-state index contributed by atoms with van der Waals surface area (Å²) in [5.41, 5.74) is 5.96. The lowest BCUT2D eigenvalue weighted by atomic mass is 10.1. The smallest absolute Gasteiger partial charge is 0.314 e. The maximum atomic E-state index is 12.1. The number of nitro benzene ring substituents is 1. The first-order valence-electron chi connectivity index (χ1n) is 8.34. The second kappa shape index (κ2) is 6.96. The van der Waals surface area contributed by atoms with Gasteiger partial charge in [-0.15, -0.1) is 0 Å². The number of hydrogen-bond acceptors (Lipinski definition) is 5. The summed E-state index contributed by atoms with van der Waals surface area (Å²) in [5, 5.41) is 14.3. The van der Waals surface area contributed by atoms with Gasteiger partial charge in [-0.05, 0) is 31.4 Å². The highest BCUT2D eigenvalue weighted by Gasteiger charge is 2.27. The zero-order valence-electron chi connectivity index (χ0n) is 13.8. The summed E-state index contributed by atoms with van der Waals surface area (Å²) in [7, 11) is 0. The van der Waals surface area contributed by atoms with Crippen molar-refractivity contribution in [2.75, 3.05) is 31.1 Å². The van der Waals surface area contributed by atoms with Crippen LogP contribution in [0, 0.1) is 10.1 Å². The molecule has 3 amide bonds.